The number of aromatic carboxylic acids is 1. The summed E-state index contributed by atoms with van der Waals surface area (Å²) in [7, 11) is 0. The van der Waals surface area contributed by atoms with Crippen LogP contribution in [0.15, 0.2) is 41.2 Å². The molecule has 2 aromatic rings. The number of aromatic nitrogens is 1. The van der Waals surface area contributed by atoms with Crippen molar-refractivity contribution in [1.29, 1.82) is 0 Å². The zero-order chi connectivity index (χ0) is 14.0. The standard InChI is InChI=1S/C14H12FNO3/c1-9-3-2-4-13(17)16(9)8-11-7-10(14(18)19)5-6-12(11)15/h2-7H,8H2,1H3,(H,18,19). The summed E-state index contributed by atoms with van der Waals surface area (Å²) in [6.07, 6.45) is 0. The van der Waals surface area contributed by atoms with Crippen molar-refractivity contribution in [3.05, 3.63) is 69.4 Å². The number of carboxylic acids is 1. The van der Waals surface area contributed by atoms with E-state index in [1.165, 1.54) is 22.8 Å². The molecule has 0 spiro atoms. The SMILES string of the molecule is Cc1cccc(=O)n1Cc1cc(C(=O)O)ccc1F. The van der Waals surface area contributed by atoms with Crippen LogP contribution in [-0.4, -0.2) is 15.6 Å². The molecule has 98 valence electrons. The van der Waals surface area contributed by atoms with Gasteiger partial charge in [0.05, 0.1) is 12.1 Å². The number of aryl methyl sites for hydroxylation is 1. The van der Waals surface area contributed by atoms with Crippen LogP contribution in [0.25, 0.3) is 0 Å². The van der Waals surface area contributed by atoms with Gasteiger partial charge in [0.15, 0.2) is 0 Å². The number of halogens is 1. The minimum absolute atomic E-state index is 0.00182. The van der Waals surface area contributed by atoms with Gasteiger partial charge in [-0.05, 0) is 31.2 Å². The van der Waals surface area contributed by atoms with E-state index in [-0.39, 0.29) is 23.2 Å². The van der Waals surface area contributed by atoms with Gasteiger partial charge in [-0.1, -0.05) is 6.07 Å². The van der Waals surface area contributed by atoms with E-state index in [2.05, 4.69) is 0 Å². The van der Waals surface area contributed by atoms with Gasteiger partial charge in [-0.2, -0.15) is 0 Å². The highest BCUT2D eigenvalue weighted by Crippen LogP contribution is 2.12. The van der Waals surface area contributed by atoms with Gasteiger partial charge < -0.3 is 9.67 Å². The Balaban J connectivity index is 2.46. The lowest BCUT2D eigenvalue weighted by Crippen LogP contribution is -2.22. The molecule has 0 saturated heterocycles. The minimum Gasteiger partial charge on any atom is -0.478 e. The molecule has 0 radical (unpaired) electrons. The van der Waals surface area contributed by atoms with Crippen molar-refractivity contribution in [3.8, 4) is 0 Å². The van der Waals surface area contributed by atoms with E-state index in [9.17, 15) is 14.0 Å². The van der Waals surface area contributed by atoms with Crippen LogP contribution in [0.1, 0.15) is 21.6 Å². The lowest BCUT2D eigenvalue weighted by atomic mass is 10.1. The molecule has 1 heterocycles. The van der Waals surface area contributed by atoms with Gasteiger partial charge in [-0.3, -0.25) is 4.79 Å². The number of carbonyl (C=O) groups is 1. The molecule has 4 nitrogen and oxygen atoms in total. The first-order valence-electron chi connectivity index (χ1n) is 5.67. The van der Waals surface area contributed by atoms with E-state index >= 15 is 0 Å². The molecule has 19 heavy (non-hydrogen) atoms. The number of benzene rings is 1. The largest absolute Gasteiger partial charge is 0.478 e. The zero-order valence-corrected chi connectivity index (χ0v) is 10.3. The van der Waals surface area contributed by atoms with Crippen molar-refractivity contribution in [2.75, 3.05) is 0 Å². The first-order chi connectivity index (χ1) is 8.99. The summed E-state index contributed by atoms with van der Waals surface area (Å²) in [6.45, 7) is 1.75. The molecular formula is C14H12FNO3. The second-order valence-corrected chi connectivity index (χ2v) is 4.20. The highest BCUT2D eigenvalue weighted by Gasteiger charge is 2.10. The number of rotatable bonds is 3. The Kier molecular flexibility index (Phi) is 3.46. The van der Waals surface area contributed by atoms with Gasteiger partial charge in [0.1, 0.15) is 5.82 Å². The topological polar surface area (TPSA) is 59.3 Å². The van der Waals surface area contributed by atoms with Crippen molar-refractivity contribution < 1.29 is 14.3 Å². The smallest absolute Gasteiger partial charge is 0.335 e. The molecule has 0 unspecified atom stereocenters. The molecule has 0 aliphatic carbocycles. The summed E-state index contributed by atoms with van der Waals surface area (Å²) in [6, 6.07) is 8.28. The zero-order valence-electron chi connectivity index (χ0n) is 10.3. The molecule has 2 rings (SSSR count). The van der Waals surface area contributed by atoms with Gasteiger partial charge in [0.25, 0.3) is 5.56 Å². The summed E-state index contributed by atoms with van der Waals surface area (Å²) in [5.74, 6) is -1.65. The number of pyridine rings is 1. The van der Waals surface area contributed by atoms with E-state index in [4.69, 9.17) is 5.11 Å². The Bertz CT molecular complexity index is 691. The van der Waals surface area contributed by atoms with Crippen LogP contribution < -0.4 is 5.56 Å². The fourth-order valence-corrected chi connectivity index (χ4v) is 1.83. The fraction of sp³-hybridized carbons (Fsp3) is 0.143. The maximum absolute atomic E-state index is 13.7. The van der Waals surface area contributed by atoms with Crippen molar-refractivity contribution >= 4 is 5.97 Å². The third kappa shape index (κ3) is 2.70. The van der Waals surface area contributed by atoms with Gasteiger partial charge >= 0.3 is 5.97 Å². The molecule has 0 fully saturated rings. The predicted octanol–water partition coefficient (Wildman–Crippen LogP) is 2.04. The van der Waals surface area contributed by atoms with Gasteiger partial charge in [-0.25, -0.2) is 9.18 Å². The molecule has 0 atom stereocenters. The summed E-state index contributed by atoms with van der Waals surface area (Å²) in [4.78, 5) is 22.6. The molecule has 0 bridgehead atoms. The van der Waals surface area contributed by atoms with Gasteiger partial charge in [0, 0.05) is 17.3 Å². The van der Waals surface area contributed by atoms with E-state index in [1.54, 1.807) is 19.1 Å². The number of nitrogens with zero attached hydrogens (tertiary/aromatic N) is 1. The summed E-state index contributed by atoms with van der Waals surface area (Å²) >= 11 is 0. The number of hydrogen-bond acceptors (Lipinski definition) is 2. The molecule has 0 saturated carbocycles. The highest BCUT2D eigenvalue weighted by molar-refractivity contribution is 5.87. The quantitative estimate of drug-likeness (QED) is 0.919. The maximum Gasteiger partial charge on any atom is 0.335 e. The maximum atomic E-state index is 13.7. The highest BCUT2D eigenvalue weighted by atomic mass is 19.1. The molecule has 1 N–H and O–H groups in total. The number of carboxylic acid groups (broad SMARTS) is 1. The average Bonchev–Trinajstić information content (AvgIpc) is 2.35. The van der Waals surface area contributed by atoms with Crippen molar-refractivity contribution in [3.63, 3.8) is 0 Å². The first-order valence-corrected chi connectivity index (χ1v) is 5.67. The molecule has 0 aliphatic heterocycles. The molecule has 1 aromatic carbocycles. The average molecular weight is 261 g/mol. The van der Waals surface area contributed by atoms with Crippen LogP contribution in [0, 0.1) is 12.7 Å². The molecule has 0 amide bonds. The Morgan fingerprint density at radius 1 is 1.32 bits per heavy atom. The minimum atomic E-state index is -1.13. The van der Waals surface area contributed by atoms with Crippen LogP contribution in [0.5, 0.6) is 0 Å². The second-order valence-electron chi connectivity index (χ2n) is 4.20. The fourth-order valence-electron chi connectivity index (χ4n) is 1.83. The lowest BCUT2D eigenvalue weighted by Gasteiger charge is -2.10. The Labute approximate surface area is 108 Å². The monoisotopic (exact) mass is 261 g/mol. The Morgan fingerprint density at radius 3 is 2.68 bits per heavy atom. The summed E-state index contributed by atoms with van der Waals surface area (Å²) < 4.78 is 15.1. The molecule has 0 aliphatic rings. The van der Waals surface area contributed by atoms with Crippen LogP contribution in [0.4, 0.5) is 4.39 Å². The Hall–Kier alpha value is -2.43. The normalized spacial score (nSPS) is 10.4. The van der Waals surface area contributed by atoms with Crippen molar-refractivity contribution in [2.24, 2.45) is 0 Å². The Morgan fingerprint density at radius 2 is 2.05 bits per heavy atom. The van der Waals surface area contributed by atoms with Gasteiger partial charge in [0.2, 0.25) is 0 Å². The second kappa shape index (κ2) is 5.06. The van der Waals surface area contributed by atoms with E-state index in [1.807, 2.05) is 0 Å². The molecular weight excluding hydrogens is 249 g/mol. The van der Waals surface area contributed by atoms with Crippen LogP contribution in [0.3, 0.4) is 0 Å². The number of hydrogen-bond donors (Lipinski definition) is 1. The third-order valence-corrected chi connectivity index (χ3v) is 2.89. The van der Waals surface area contributed by atoms with Crippen molar-refractivity contribution in [2.45, 2.75) is 13.5 Å². The lowest BCUT2D eigenvalue weighted by molar-refractivity contribution is 0.0696. The van der Waals surface area contributed by atoms with Crippen LogP contribution in [-0.2, 0) is 6.54 Å². The summed E-state index contributed by atoms with van der Waals surface area (Å²) in [5.41, 5.74) is 0.613. The third-order valence-electron chi connectivity index (χ3n) is 2.89. The van der Waals surface area contributed by atoms with Crippen LogP contribution in [0.2, 0.25) is 0 Å². The van der Waals surface area contributed by atoms with Crippen LogP contribution >= 0.6 is 0 Å². The van der Waals surface area contributed by atoms with Crippen molar-refractivity contribution in [1.82, 2.24) is 4.57 Å². The summed E-state index contributed by atoms with van der Waals surface area (Å²) in [5, 5.41) is 8.88. The van der Waals surface area contributed by atoms with E-state index in [0.29, 0.717) is 5.69 Å². The van der Waals surface area contributed by atoms with E-state index in [0.717, 1.165) is 6.07 Å². The molecule has 5 heteroatoms. The first kappa shape index (κ1) is 13.0. The van der Waals surface area contributed by atoms with Gasteiger partial charge in [-0.15, -0.1) is 0 Å². The molecule has 1 aromatic heterocycles. The van der Waals surface area contributed by atoms with E-state index < -0.39 is 11.8 Å². The predicted molar refractivity (Wildman–Crippen MR) is 67.9 cm³/mol.